The number of hydrogen-bond acceptors (Lipinski definition) is 6. The van der Waals surface area contributed by atoms with Gasteiger partial charge in [-0.2, -0.15) is 0 Å². The van der Waals surface area contributed by atoms with E-state index in [4.69, 9.17) is 4.74 Å². The maximum Gasteiger partial charge on any atom is 0.410 e. The zero-order valence-corrected chi connectivity index (χ0v) is 21.4. The van der Waals surface area contributed by atoms with Gasteiger partial charge in [-0.3, -0.25) is 14.5 Å². The Balaban J connectivity index is 1.77. The highest BCUT2D eigenvalue weighted by atomic mass is 16.6. The van der Waals surface area contributed by atoms with Gasteiger partial charge in [0.05, 0.1) is 11.5 Å². The minimum Gasteiger partial charge on any atom is -0.480 e. The number of aliphatic hydroxyl groups excluding tert-OH is 1. The summed E-state index contributed by atoms with van der Waals surface area (Å²) in [7, 11) is 0. The van der Waals surface area contributed by atoms with Crippen LogP contribution in [0, 0.1) is 0 Å². The maximum absolute atomic E-state index is 13.5. The third kappa shape index (κ3) is 5.98. The summed E-state index contributed by atoms with van der Waals surface area (Å²) in [6, 6.07) is 7.02. The number of likely N-dealkylation sites (tertiary alicyclic amines) is 2. The SMILES string of the molecule is C[C@@H](O)[C@H](NC(=O)C1(c2ccccc2)CCN(C(=O)[C@H]2CCCN2C(=O)OC(C)(C)C)CC1)C(=O)O. The zero-order chi connectivity index (χ0) is 26.7. The van der Waals surface area contributed by atoms with E-state index in [0.717, 1.165) is 5.56 Å². The molecule has 0 bridgehead atoms. The molecule has 10 heteroatoms. The van der Waals surface area contributed by atoms with Crippen molar-refractivity contribution in [2.75, 3.05) is 19.6 Å². The molecule has 0 spiro atoms. The number of nitrogens with one attached hydrogen (secondary N) is 1. The van der Waals surface area contributed by atoms with Gasteiger partial charge in [-0.25, -0.2) is 9.59 Å². The first kappa shape index (κ1) is 27.4. The molecule has 0 unspecified atom stereocenters. The number of ether oxygens (including phenoxy) is 1. The fourth-order valence-corrected chi connectivity index (χ4v) is 4.95. The second-order valence-corrected chi connectivity index (χ2v) is 10.6. The van der Waals surface area contributed by atoms with Crippen LogP contribution >= 0.6 is 0 Å². The van der Waals surface area contributed by atoms with Crippen molar-refractivity contribution in [2.24, 2.45) is 0 Å². The fourth-order valence-electron chi connectivity index (χ4n) is 4.95. The van der Waals surface area contributed by atoms with Crippen LogP contribution in [0.2, 0.25) is 0 Å². The molecule has 3 N–H and O–H groups in total. The Hall–Kier alpha value is -3.14. The number of aliphatic hydroxyl groups is 1. The first-order chi connectivity index (χ1) is 16.9. The van der Waals surface area contributed by atoms with E-state index < -0.39 is 47.2 Å². The van der Waals surface area contributed by atoms with Crippen molar-refractivity contribution in [1.29, 1.82) is 0 Å². The largest absolute Gasteiger partial charge is 0.480 e. The lowest BCUT2D eigenvalue weighted by Crippen LogP contribution is -2.59. The summed E-state index contributed by atoms with van der Waals surface area (Å²) in [4.78, 5) is 54.3. The number of carbonyl (C=O) groups is 4. The average molecular weight is 504 g/mol. The molecule has 1 aromatic carbocycles. The Labute approximate surface area is 211 Å². The summed E-state index contributed by atoms with van der Waals surface area (Å²) in [6.45, 7) is 7.65. The fraction of sp³-hybridized carbons (Fsp3) is 0.615. The van der Waals surface area contributed by atoms with E-state index in [0.29, 0.717) is 19.4 Å². The minimum atomic E-state index is -1.45. The van der Waals surface area contributed by atoms with Gasteiger partial charge in [0.25, 0.3) is 0 Å². The first-order valence-electron chi connectivity index (χ1n) is 12.4. The third-order valence-electron chi connectivity index (χ3n) is 6.89. The van der Waals surface area contributed by atoms with E-state index in [2.05, 4.69) is 5.32 Å². The van der Waals surface area contributed by atoms with Gasteiger partial charge in [-0.1, -0.05) is 30.3 Å². The van der Waals surface area contributed by atoms with Gasteiger partial charge < -0.3 is 25.2 Å². The number of piperidine rings is 1. The van der Waals surface area contributed by atoms with Crippen LogP contribution in [0.1, 0.15) is 58.9 Å². The number of carboxylic acids is 1. The molecule has 36 heavy (non-hydrogen) atoms. The van der Waals surface area contributed by atoms with Crippen LogP contribution in [0.4, 0.5) is 4.79 Å². The molecule has 0 aromatic heterocycles. The summed E-state index contributed by atoms with van der Waals surface area (Å²) in [6.07, 6.45) is 0.0247. The predicted octanol–water partition coefficient (Wildman–Crippen LogP) is 1.90. The Morgan fingerprint density at radius 3 is 2.22 bits per heavy atom. The molecule has 3 atom stereocenters. The van der Waals surface area contributed by atoms with Gasteiger partial charge >= 0.3 is 12.1 Å². The molecule has 2 aliphatic heterocycles. The van der Waals surface area contributed by atoms with Crippen LogP contribution in [-0.2, 0) is 24.5 Å². The highest BCUT2D eigenvalue weighted by molar-refractivity contribution is 5.92. The maximum atomic E-state index is 13.5. The van der Waals surface area contributed by atoms with E-state index in [1.54, 1.807) is 25.7 Å². The van der Waals surface area contributed by atoms with E-state index in [-0.39, 0.29) is 31.8 Å². The van der Waals surface area contributed by atoms with Crippen LogP contribution in [0.15, 0.2) is 30.3 Å². The van der Waals surface area contributed by atoms with E-state index >= 15 is 0 Å². The van der Waals surface area contributed by atoms with Crippen molar-refractivity contribution in [3.05, 3.63) is 35.9 Å². The number of nitrogens with zero attached hydrogens (tertiary/aromatic N) is 2. The number of rotatable bonds is 6. The quantitative estimate of drug-likeness (QED) is 0.539. The van der Waals surface area contributed by atoms with Crippen molar-refractivity contribution in [1.82, 2.24) is 15.1 Å². The predicted molar refractivity (Wildman–Crippen MR) is 131 cm³/mol. The van der Waals surface area contributed by atoms with Gasteiger partial charge in [0, 0.05) is 19.6 Å². The Kier molecular flexibility index (Phi) is 8.28. The highest BCUT2D eigenvalue weighted by Crippen LogP contribution is 2.37. The Morgan fingerprint density at radius 1 is 1.08 bits per heavy atom. The summed E-state index contributed by atoms with van der Waals surface area (Å²) < 4.78 is 5.48. The van der Waals surface area contributed by atoms with Gasteiger partial charge in [0.1, 0.15) is 11.6 Å². The monoisotopic (exact) mass is 503 g/mol. The smallest absolute Gasteiger partial charge is 0.410 e. The van der Waals surface area contributed by atoms with Crippen molar-refractivity contribution in [2.45, 2.75) is 82.6 Å². The molecule has 3 amide bonds. The van der Waals surface area contributed by atoms with Crippen LogP contribution in [-0.4, -0.2) is 87.3 Å². The normalized spacial score (nSPS) is 21.4. The standard InChI is InChI=1S/C26H37N3O7/c1-17(30)20(22(32)33)27-23(34)26(18-9-6-5-7-10-18)12-15-28(16-13-26)21(31)19-11-8-14-29(19)24(35)36-25(2,3)4/h5-7,9-10,17,19-20,30H,8,11-16H2,1-4H3,(H,27,34)(H,32,33)/t17-,19-,20+/m1/s1. The Bertz CT molecular complexity index is 965. The van der Waals surface area contributed by atoms with E-state index in [1.807, 2.05) is 30.3 Å². The topological polar surface area (TPSA) is 136 Å². The lowest BCUT2D eigenvalue weighted by atomic mass is 9.71. The van der Waals surface area contributed by atoms with Crippen molar-refractivity contribution >= 4 is 23.9 Å². The van der Waals surface area contributed by atoms with Crippen molar-refractivity contribution in [3.63, 3.8) is 0 Å². The summed E-state index contributed by atoms with van der Waals surface area (Å²) >= 11 is 0. The molecule has 0 saturated carbocycles. The lowest BCUT2D eigenvalue weighted by Gasteiger charge is -2.42. The van der Waals surface area contributed by atoms with Crippen molar-refractivity contribution in [3.8, 4) is 0 Å². The summed E-state index contributed by atoms with van der Waals surface area (Å²) in [5.74, 6) is -1.99. The minimum absolute atomic E-state index is 0.173. The number of hydrogen-bond donors (Lipinski definition) is 3. The molecule has 2 aliphatic rings. The molecule has 0 aliphatic carbocycles. The van der Waals surface area contributed by atoms with Crippen LogP contribution in [0.5, 0.6) is 0 Å². The van der Waals surface area contributed by atoms with Gasteiger partial charge in [-0.05, 0) is 58.9 Å². The number of benzene rings is 1. The Morgan fingerprint density at radius 2 is 1.69 bits per heavy atom. The van der Waals surface area contributed by atoms with Crippen LogP contribution < -0.4 is 5.32 Å². The zero-order valence-electron chi connectivity index (χ0n) is 21.4. The van der Waals surface area contributed by atoms with E-state index in [9.17, 15) is 29.4 Å². The average Bonchev–Trinajstić information content (AvgIpc) is 3.31. The summed E-state index contributed by atoms with van der Waals surface area (Å²) in [5.41, 5.74) is -0.997. The highest BCUT2D eigenvalue weighted by Gasteiger charge is 2.47. The van der Waals surface area contributed by atoms with Gasteiger partial charge in [0.2, 0.25) is 11.8 Å². The molecule has 3 rings (SSSR count). The molecule has 1 aromatic rings. The molecule has 10 nitrogen and oxygen atoms in total. The van der Waals surface area contributed by atoms with Gasteiger partial charge in [0.15, 0.2) is 6.04 Å². The molecule has 2 fully saturated rings. The van der Waals surface area contributed by atoms with Crippen LogP contribution in [0.3, 0.4) is 0 Å². The van der Waals surface area contributed by atoms with Gasteiger partial charge in [-0.15, -0.1) is 0 Å². The molecule has 198 valence electrons. The number of amides is 3. The van der Waals surface area contributed by atoms with Crippen molar-refractivity contribution < 1.29 is 34.1 Å². The van der Waals surface area contributed by atoms with Crippen LogP contribution in [0.25, 0.3) is 0 Å². The van der Waals surface area contributed by atoms with E-state index in [1.165, 1.54) is 11.8 Å². The molecular weight excluding hydrogens is 466 g/mol. The third-order valence-corrected chi connectivity index (χ3v) is 6.89. The second kappa shape index (κ2) is 10.9. The molecule has 2 heterocycles. The summed E-state index contributed by atoms with van der Waals surface area (Å²) in [5, 5.41) is 21.8. The number of carboxylic acid groups (broad SMARTS) is 1. The first-order valence-corrected chi connectivity index (χ1v) is 12.4. The second-order valence-electron chi connectivity index (χ2n) is 10.6. The number of carbonyl (C=O) groups excluding carboxylic acids is 3. The lowest BCUT2D eigenvalue weighted by molar-refractivity contribution is -0.146. The number of aliphatic carboxylic acids is 1. The molecule has 0 radical (unpaired) electrons. The molecule has 2 saturated heterocycles. The molecular formula is C26H37N3O7.